The molecule has 0 aromatic heterocycles. The summed E-state index contributed by atoms with van der Waals surface area (Å²) in [5, 5.41) is 1.95. The van der Waals surface area contributed by atoms with Gasteiger partial charge < -0.3 is 4.84 Å². The molecule has 1 aliphatic heterocycles. The molecule has 0 spiro atoms. The average Bonchev–Trinajstić information content (AvgIpc) is 2.36. The third kappa shape index (κ3) is 3.72. The molecule has 0 bridgehead atoms. The second-order valence-corrected chi connectivity index (χ2v) is 4.15. The van der Waals surface area contributed by atoms with Crippen LogP contribution in [0.4, 0.5) is 0 Å². The molecule has 70 valence electrons. The molecule has 1 heterocycles. The Morgan fingerprint density at radius 2 is 1.83 bits per heavy atom. The van der Waals surface area contributed by atoms with Crippen LogP contribution in [0.2, 0.25) is 0 Å². The van der Waals surface area contributed by atoms with E-state index in [1.54, 1.807) is 6.40 Å². The highest BCUT2D eigenvalue weighted by molar-refractivity contribution is 5.46. The highest BCUT2D eigenvalue weighted by Gasteiger charge is 2.11. The summed E-state index contributed by atoms with van der Waals surface area (Å²) < 4.78 is 0. The Bertz CT molecular complexity index is 154. The van der Waals surface area contributed by atoms with Crippen LogP contribution in [-0.2, 0) is 4.84 Å². The summed E-state index contributed by atoms with van der Waals surface area (Å²) in [6, 6.07) is 0. The van der Waals surface area contributed by atoms with E-state index in [-0.39, 0.29) is 5.54 Å². The number of nitrogens with zero attached hydrogens (tertiary/aromatic N) is 2. The van der Waals surface area contributed by atoms with E-state index in [0.29, 0.717) is 0 Å². The molecule has 0 aliphatic carbocycles. The van der Waals surface area contributed by atoms with Gasteiger partial charge in [0.1, 0.15) is 0 Å². The minimum atomic E-state index is -0.0281. The lowest BCUT2D eigenvalue weighted by molar-refractivity contribution is -0.0429. The zero-order chi connectivity index (χ0) is 9.03. The van der Waals surface area contributed by atoms with Crippen molar-refractivity contribution in [2.24, 2.45) is 4.99 Å². The van der Waals surface area contributed by atoms with Crippen molar-refractivity contribution in [3.63, 3.8) is 0 Å². The standard InChI is InChI=1S/C9H18N2O/c1-9(2,3)10-8-12-11-6-4-5-7-11/h8H,4-7H2,1-3H3/b10-8+. The number of hydrogen-bond donors (Lipinski definition) is 0. The second-order valence-electron chi connectivity index (χ2n) is 4.15. The van der Waals surface area contributed by atoms with Crippen LogP contribution in [0.5, 0.6) is 0 Å². The summed E-state index contributed by atoms with van der Waals surface area (Å²) in [6.07, 6.45) is 4.04. The largest absolute Gasteiger partial charge is 0.394 e. The quantitative estimate of drug-likeness (QED) is 0.466. The van der Waals surface area contributed by atoms with Gasteiger partial charge in [0.25, 0.3) is 0 Å². The van der Waals surface area contributed by atoms with Crippen LogP contribution < -0.4 is 0 Å². The summed E-state index contributed by atoms with van der Waals surface area (Å²) in [5.41, 5.74) is -0.0281. The van der Waals surface area contributed by atoms with Gasteiger partial charge in [-0.25, -0.2) is 0 Å². The minimum absolute atomic E-state index is 0.0281. The van der Waals surface area contributed by atoms with Gasteiger partial charge in [0.15, 0.2) is 6.40 Å². The van der Waals surface area contributed by atoms with Crippen LogP contribution in [0.1, 0.15) is 33.6 Å². The van der Waals surface area contributed by atoms with E-state index in [1.807, 2.05) is 5.06 Å². The number of hydrogen-bond acceptors (Lipinski definition) is 3. The van der Waals surface area contributed by atoms with Crippen molar-refractivity contribution in [2.45, 2.75) is 39.2 Å². The highest BCUT2D eigenvalue weighted by atomic mass is 16.7. The van der Waals surface area contributed by atoms with Gasteiger partial charge in [-0.2, -0.15) is 0 Å². The normalized spacial score (nSPS) is 20.6. The first-order chi connectivity index (χ1) is 5.58. The fourth-order valence-corrected chi connectivity index (χ4v) is 1.04. The van der Waals surface area contributed by atoms with Crippen molar-refractivity contribution >= 4 is 6.40 Å². The summed E-state index contributed by atoms with van der Waals surface area (Å²) >= 11 is 0. The third-order valence-corrected chi connectivity index (χ3v) is 1.70. The monoisotopic (exact) mass is 170 g/mol. The van der Waals surface area contributed by atoms with Crippen LogP contribution in [0.3, 0.4) is 0 Å². The Morgan fingerprint density at radius 1 is 1.25 bits per heavy atom. The Labute approximate surface area is 74.4 Å². The van der Waals surface area contributed by atoms with E-state index in [9.17, 15) is 0 Å². The fraction of sp³-hybridized carbons (Fsp3) is 0.889. The van der Waals surface area contributed by atoms with Crippen molar-refractivity contribution in [1.82, 2.24) is 5.06 Å². The van der Waals surface area contributed by atoms with Crippen molar-refractivity contribution in [2.75, 3.05) is 13.1 Å². The summed E-state index contributed by atoms with van der Waals surface area (Å²) in [7, 11) is 0. The molecule has 1 fully saturated rings. The molecule has 0 saturated carbocycles. The molecule has 0 radical (unpaired) electrons. The molecule has 12 heavy (non-hydrogen) atoms. The second kappa shape index (κ2) is 3.90. The molecular formula is C9H18N2O. The molecule has 1 aliphatic rings. The van der Waals surface area contributed by atoms with Crippen molar-refractivity contribution in [3.05, 3.63) is 0 Å². The summed E-state index contributed by atoms with van der Waals surface area (Å²) in [4.78, 5) is 9.55. The van der Waals surface area contributed by atoms with Gasteiger partial charge in [-0.15, -0.1) is 5.06 Å². The van der Waals surface area contributed by atoms with Crippen LogP contribution in [-0.4, -0.2) is 30.1 Å². The SMILES string of the molecule is CC(C)(C)/N=C/ON1CCCC1. The fourth-order valence-electron chi connectivity index (χ4n) is 1.04. The maximum absolute atomic E-state index is 5.32. The molecule has 0 amide bonds. The van der Waals surface area contributed by atoms with E-state index in [0.717, 1.165) is 13.1 Å². The molecule has 0 aromatic carbocycles. The maximum atomic E-state index is 5.32. The topological polar surface area (TPSA) is 24.8 Å². The predicted octanol–water partition coefficient (Wildman–Crippen LogP) is 1.84. The lowest BCUT2D eigenvalue weighted by Crippen LogP contribution is -2.20. The van der Waals surface area contributed by atoms with E-state index in [2.05, 4.69) is 25.8 Å². The molecule has 0 unspecified atom stereocenters. The van der Waals surface area contributed by atoms with Gasteiger partial charge >= 0.3 is 0 Å². The Morgan fingerprint density at radius 3 is 2.33 bits per heavy atom. The van der Waals surface area contributed by atoms with Gasteiger partial charge in [-0.3, -0.25) is 4.99 Å². The first kappa shape index (κ1) is 9.52. The molecule has 1 rings (SSSR count). The zero-order valence-electron chi connectivity index (χ0n) is 8.21. The maximum Gasteiger partial charge on any atom is 0.197 e. The van der Waals surface area contributed by atoms with E-state index in [4.69, 9.17) is 4.84 Å². The van der Waals surface area contributed by atoms with Crippen molar-refractivity contribution < 1.29 is 4.84 Å². The van der Waals surface area contributed by atoms with Gasteiger partial charge in [-0.05, 0) is 33.6 Å². The van der Waals surface area contributed by atoms with Crippen LogP contribution >= 0.6 is 0 Å². The van der Waals surface area contributed by atoms with Crippen LogP contribution in [0.15, 0.2) is 4.99 Å². The lowest BCUT2D eigenvalue weighted by atomic mass is 10.1. The Kier molecular flexibility index (Phi) is 3.09. The lowest BCUT2D eigenvalue weighted by Gasteiger charge is -2.14. The molecular weight excluding hydrogens is 152 g/mol. The van der Waals surface area contributed by atoms with Crippen molar-refractivity contribution in [1.29, 1.82) is 0 Å². The van der Waals surface area contributed by atoms with Gasteiger partial charge in [0.2, 0.25) is 0 Å². The molecule has 3 nitrogen and oxygen atoms in total. The van der Waals surface area contributed by atoms with E-state index < -0.39 is 0 Å². The van der Waals surface area contributed by atoms with Gasteiger partial charge in [0, 0.05) is 13.1 Å². The van der Waals surface area contributed by atoms with E-state index >= 15 is 0 Å². The smallest absolute Gasteiger partial charge is 0.197 e. The average molecular weight is 170 g/mol. The first-order valence-corrected chi connectivity index (χ1v) is 4.53. The third-order valence-electron chi connectivity index (χ3n) is 1.70. The van der Waals surface area contributed by atoms with Crippen LogP contribution in [0.25, 0.3) is 0 Å². The van der Waals surface area contributed by atoms with Crippen molar-refractivity contribution in [3.8, 4) is 0 Å². The first-order valence-electron chi connectivity index (χ1n) is 4.53. The molecule has 1 saturated heterocycles. The molecule has 3 heteroatoms. The predicted molar refractivity (Wildman–Crippen MR) is 50.1 cm³/mol. The zero-order valence-corrected chi connectivity index (χ0v) is 8.21. The number of rotatable bonds is 2. The number of hydroxylamine groups is 2. The van der Waals surface area contributed by atoms with E-state index in [1.165, 1.54) is 12.8 Å². The minimum Gasteiger partial charge on any atom is -0.394 e. The molecule has 0 N–H and O–H groups in total. The summed E-state index contributed by atoms with van der Waals surface area (Å²) in [6.45, 7) is 8.23. The number of aliphatic imine (C=N–C) groups is 1. The molecule has 0 atom stereocenters. The Hall–Kier alpha value is -0.570. The van der Waals surface area contributed by atoms with Gasteiger partial charge in [-0.1, -0.05) is 0 Å². The summed E-state index contributed by atoms with van der Waals surface area (Å²) in [5.74, 6) is 0. The Balaban J connectivity index is 2.20. The highest BCUT2D eigenvalue weighted by Crippen LogP contribution is 2.08. The van der Waals surface area contributed by atoms with Gasteiger partial charge in [0.05, 0.1) is 5.54 Å². The van der Waals surface area contributed by atoms with Crippen LogP contribution in [0, 0.1) is 0 Å². The molecule has 0 aromatic rings.